The maximum Gasteiger partial charge on any atom is 0.194 e. The van der Waals surface area contributed by atoms with Gasteiger partial charge < -0.3 is 0 Å². The zero-order chi connectivity index (χ0) is 12.4. The molecule has 0 N–H and O–H groups in total. The second-order valence-electron chi connectivity index (χ2n) is 3.93. The highest BCUT2D eigenvalue weighted by Gasteiger charge is 2.14. The van der Waals surface area contributed by atoms with Crippen molar-refractivity contribution in [3.05, 3.63) is 56.8 Å². The molecule has 0 unspecified atom stereocenters. The summed E-state index contributed by atoms with van der Waals surface area (Å²) in [6.07, 6.45) is 0.781. The van der Waals surface area contributed by atoms with Gasteiger partial charge in [-0.3, -0.25) is 9.59 Å². The van der Waals surface area contributed by atoms with Crippen molar-refractivity contribution in [3.8, 4) is 0 Å². The molecule has 0 saturated heterocycles. The van der Waals surface area contributed by atoms with E-state index in [0.717, 1.165) is 16.7 Å². The van der Waals surface area contributed by atoms with Gasteiger partial charge in [-0.2, -0.15) is 0 Å². The Balaban J connectivity index is 2.39. The Morgan fingerprint density at radius 3 is 2.35 bits per heavy atom. The van der Waals surface area contributed by atoms with Crippen LogP contribution < -0.4 is 0 Å². The van der Waals surface area contributed by atoms with E-state index < -0.39 is 0 Å². The number of aldehydes is 1. The van der Waals surface area contributed by atoms with E-state index in [1.165, 1.54) is 11.3 Å². The number of benzene rings is 1. The average molecular weight is 244 g/mol. The standard InChI is InChI=1S/C14H12O2S/c1-9-3-5-11(6-4-9)14(16)13-7-12(8-15)17-10(13)2/h3-8H,1-2H3. The number of carbonyl (C=O) groups excluding carboxylic acids is 2. The first-order valence-corrected chi connectivity index (χ1v) is 6.10. The minimum Gasteiger partial charge on any atom is -0.297 e. The van der Waals surface area contributed by atoms with Gasteiger partial charge in [0.2, 0.25) is 0 Å². The highest BCUT2D eigenvalue weighted by molar-refractivity contribution is 7.14. The third-order valence-corrected chi connectivity index (χ3v) is 3.59. The molecule has 0 aliphatic heterocycles. The lowest BCUT2D eigenvalue weighted by molar-refractivity contribution is 0.103. The summed E-state index contributed by atoms with van der Waals surface area (Å²) in [5.74, 6) is -0.0214. The zero-order valence-electron chi connectivity index (χ0n) is 9.69. The first kappa shape index (κ1) is 11.7. The third-order valence-electron chi connectivity index (χ3n) is 2.61. The van der Waals surface area contributed by atoms with E-state index in [0.29, 0.717) is 16.0 Å². The number of ketones is 1. The van der Waals surface area contributed by atoms with Gasteiger partial charge in [-0.1, -0.05) is 29.8 Å². The molecule has 2 rings (SSSR count). The Kier molecular flexibility index (Phi) is 3.20. The van der Waals surface area contributed by atoms with Gasteiger partial charge in [0.1, 0.15) is 0 Å². The lowest BCUT2D eigenvalue weighted by Crippen LogP contribution is -2.01. The zero-order valence-corrected chi connectivity index (χ0v) is 10.5. The molecule has 0 aliphatic carbocycles. The third kappa shape index (κ3) is 2.34. The van der Waals surface area contributed by atoms with Crippen LogP contribution >= 0.6 is 11.3 Å². The smallest absolute Gasteiger partial charge is 0.194 e. The van der Waals surface area contributed by atoms with Crippen LogP contribution in [-0.2, 0) is 0 Å². The fourth-order valence-corrected chi connectivity index (χ4v) is 2.49. The molecule has 17 heavy (non-hydrogen) atoms. The normalized spacial score (nSPS) is 10.2. The molecule has 0 bridgehead atoms. The van der Waals surface area contributed by atoms with E-state index in [9.17, 15) is 9.59 Å². The molecular weight excluding hydrogens is 232 g/mol. The van der Waals surface area contributed by atoms with Gasteiger partial charge in [0.15, 0.2) is 12.1 Å². The first-order chi connectivity index (χ1) is 8.11. The molecule has 3 heteroatoms. The second-order valence-corrected chi connectivity index (χ2v) is 5.22. The molecule has 2 nitrogen and oxygen atoms in total. The monoisotopic (exact) mass is 244 g/mol. The predicted molar refractivity (Wildman–Crippen MR) is 69.1 cm³/mol. The first-order valence-electron chi connectivity index (χ1n) is 5.29. The van der Waals surface area contributed by atoms with Gasteiger partial charge in [-0.15, -0.1) is 11.3 Å². The van der Waals surface area contributed by atoms with Crippen LogP contribution in [0.5, 0.6) is 0 Å². The second kappa shape index (κ2) is 4.63. The van der Waals surface area contributed by atoms with Crippen LogP contribution in [0.2, 0.25) is 0 Å². The van der Waals surface area contributed by atoms with E-state index >= 15 is 0 Å². The summed E-state index contributed by atoms with van der Waals surface area (Å²) in [6.45, 7) is 3.84. The quantitative estimate of drug-likeness (QED) is 0.612. The van der Waals surface area contributed by atoms with Gasteiger partial charge in [0.05, 0.1) is 4.88 Å². The molecule has 1 aromatic carbocycles. The SMILES string of the molecule is Cc1ccc(C(=O)c2cc(C=O)sc2C)cc1. The van der Waals surface area contributed by atoms with Crippen LogP contribution in [0.3, 0.4) is 0 Å². The number of aryl methyl sites for hydroxylation is 2. The molecule has 0 radical (unpaired) electrons. The summed E-state index contributed by atoms with van der Waals surface area (Å²) in [5.41, 5.74) is 2.41. The fourth-order valence-electron chi connectivity index (χ4n) is 1.65. The van der Waals surface area contributed by atoms with Gasteiger partial charge in [0.25, 0.3) is 0 Å². The molecule has 0 saturated carbocycles. The molecule has 2 aromatic rings. The van der Waals surface area contributed by atoms with E-state index in [-0.39, 0.29) is 5.78 Å². The van der Waals surface area contributed by atoms with E-state index in [1.807, 2.05) is 38.1 Å². The lowest BCUT2D eigenvalue weighted by Gasteiger charge is -2.00. The molecule has 0 aliphatic rings. The Bertz CT molecular complexity index is 564. The van der Waals surface area contributed by atoms with Crippen molar-refractivity contribution in [3.63, 3.8) is 0 Å². The Morgan fingerprint density at radius 2 is 1.82 bits per heavy atom. The van der Waals surface area contributed by atoms with Gasteiger partial charge in [-0.25, -0.2) is 0 Å². The lowest BCUT2D eigenvalue weighted by atomic mass is 10.0. The van der Waals surface area contributed by atoms with Gasteiger partial charge in [-0.05, 0) is 19.9 Å². The highest BCUT2D eigenvalue weighted by Crippen LogP contribution is 2.23. The van der Waals surface area contributed by atoms with E-state index in [2.05, 4.69) is 0 Å². The Hall–Kier alpha value is -1.74. The number of rotatable bonds is 3. The van der Waals surface area contributed by atoms with Crippen molar-refractivity contribution in [1.29, 1.82) is 0 Å². The Morgan fingerprint density at radius 1 is 1.18 bits per heavy atom. The van der Waals surface area contributed by atoms with Crippen LogP contribution in [0.25, 0.3) is 0 Å². The minimum absolute atomic E-state index is 0.0214. The highest BCUT2D eigenvalue weighted by atomic mass is 32.1. The molecule has 0 amide bonds. The van der Waals surface area contributed by atoms with Crippen molar-refractivity contribution in [2.75, 3.05) is 0 Å². The van der Waals surface area contributed by atoms with Crippen molar-refractivity contribution in [2.24, 2.45) is 0 Å². The van der Waals surface area contributed by atoms with Crippen LogP contribution in [0.4, 0.5) is 0 Å². The number of hydrogen-bond acceptors (Lipinski definition) is 3. The van der Waals surface area contributed by atoms with Crippen molar-refractivity contribution in [2.45, 2.75) is 13.8 Å². The molecule has 0 atom stereocenters. The number of carbonyl (C=O) groups is 2. The summed E-state index contributed by atoms with van der Waals surface area (Å²) in [6, 6.07) is 9.12. The molecular formula is C14H12O2S. The van der Waals surface area contributed by atoms with Gasteiger partial charge in [0, 0.05) is 16.0 Å². The predicted octanol–water partition coefficient (Wildman–Crippen LogP) is 3.41. The van der Waals surface area contributed by atoms with Crippen molar-refractivity contribution < 1.29 is 9.59 Å². The topological polar surface area (TPSA) is 34.1 Å². The van der Waals surface area contributed by atoms with Crippen LogP contribution in [-0.4, -0.2) is 12.1 Å². The van der Waals surface area contributed by atoms with Crippen molar-refractivity contribution >= 4 is 23.4 Å². The summed E-state index contributed by atoms with van der Waals surface area (Å²) >= 11 is 1.35. The number of hydrogen-bond donors (Lipinski definition) is 0. The average Bonchev–Trinajstić information content (AvgIpc) is 2.71. The molecule has 0 spiro atoms. The van der Waals surface area contributed by atoms with Crippen LogP contribution in [0.15, 0.2) is 30.3 Å². The summed E-state index contributed by atoms with van der Waals surface area (Å²) in [7, 11) is 0. The maximum atomic E-state index is 12.2. The molecule has 86 valence electrons. The fraction of sp³-hybridized carbons (Fsp3) is 0.143. The largest absolute Gasteiger partial charge is 0.297 e. The summed E-state index contributed by atoms with van der Waals surface area (Å²) in [4.78, 5) is 24.4. The maximum absolute atomic E-state index is 12.2. The van der Waals surface area contributed by atoms with E-state index in [4.69, 9.17) is 0 Å². The summed E-state index contributed by atoms with van der Waals surface area (Å²) < 4.78 is 0. The van der Waals surface area contributed by atoms with E-state index in [1.54, 1.807) is 6.07 Å². The van der Waals surface area contributed by atoms with Gasteiger partial charge >= 0.3 is 0 Å². The van der Waals surface area contributed by atoms with Crippen LogP contribution in [0, 0.1) is 13.8 Å². The summed E-state index contributed by atoms with van der Waals surface area (Å²) in [5, 5.41) is 0. The molecule has 1 heterocycles. The molecule has 1 aromatic heterocycles. The van der Waals surface area contributed by atoms with Crippen LogP contribution in [0.1, 0.15) is 36.0 Å². The number of thiophene rings is 1. The minimum atomic E-state index is -0.0214. The Labute approximate surface area is 104 Å². The van der Waals surface area contributed by atoms with Crippen molar-refractivity contribution in [1.82, 2.24) is 0 Å². The molecule has 0 fully saturated rings.